The lowest BCUT2D eigenvalue weighted by atomic mass is 10.2. The Morgan fingerprint density at radius 2 is 1.78 bits per heavy atom. The second-order valence-corrected chi connectivity index (χ2v) is 6.04. The molecule has 0 aliphatic heterocycles. The summed E-state index contributed by atoms with van der Waals surface area (Å²) in [5.41, 5.74) is 2.47. The average Bonchev–Trinajstić information content (AvgIpc) is 2.71. The summed E-state index contributed by atoms with van der Waals surface area (Å²) in [5, 5.41) is 3.77. The molecule has 1 heterocycles. The molecule has 27 heavy (non-hydrogen) atoms. The maximum Gasteiger partial charge on any atom is 0.331 e. The molecule has 1 N–H and O–H groups in total. The van der Waals surface area contributed by atoms with Gasteiger partial charge in [0.05, 0.1) is 11.2 Å². The molecule has 0 aliphatic carbocycles. The Morgan fingerprint density at radius 3 is 2.59 bits per heavy atom. The number of carbonyl (C=O) groups is 2. The molecular formula is C22H20N2O3. The lowest BCUT2D eigenvalue weighted by molar-refractivity contribution is -0.150. The van der Waals surface area contributed by atoms with Crippen molar-refractivity contribution in [2.45, 2.75) is 19.6 Å². The Morgan fingerprint density at radius 1 is 1.04 bits per heavy atom. The average molecular weight is 360 g/mol. The molecule has 1 unspecified atom stereocenters. The molecule has 0 bridgehead atoms. The molecule has 3 rings (SSSR count). The number of rotatable bonds is 6. The molecular weight excluding hydrogens is 340 g/mol. The monoisotopic (exact) mass is 360 g/mol. The quantitative estimate of drug-likeness (QED) is 0.540. The smallest absolute Gasteiger partial charge is 0.331 e. The molecule has 0 fully saturated rings. The molecule has 5 nitrogen and oxygen atoms in total. The highest BCUT2D eigenvalue weighted by Crippen LogP contribution is 2.12. The summed E-state index contributed by atoms with van der Waals surface area (Å²) in [4.78, 5) is 28.5. The van der Waals surface area contributed by atoms with Gasteiger partial charge >= 0.3 is 5.97 Å². The van der Waals surface area contributed by atoms with Crippen molar-refractivity contribution in [1.29, 1.82) is 0 Å². The predicted octanol–water partition coefficient (Wildman–Crippen LogP) is 3.50. The summed E-state index contributed by atoms with van der Waals surface area (Å²) in [6.45, 7) is 1.93. The van der Waals surface area contributed by atoms with Crippen molar-refractivity contribution in [2.75, 3.05) is 0 Å². The summed E-state index contributed by atoms with van der Waals surface area (Å²) >= 11 is 0. The lowest BCUT2D eigenvalue weighted by Gasteiger charge is -2.12. The lowest BCUT2D eigenvalue weighted by Crippen LogP contribution is -2.35. The van der Waals surface area contributed by atoms with Gasteiger partial charge in [0.1, 0.15) is 0 Å². The Hall–Kier alpha value is -3.47. The number of aromatic nitrogens is 1. The summed E-state index contributed by atoms with van der Waals surface area (Å²) < 4.78 is 5.14. The number of ether oxygens (including phenoxy) is 1. The van der Waals surface area contributed by atoms with Crippen LogP contribution in [0.2, 0.25) is 0 Å². The molecule has 3 aromatic rings. The Labute approximate surface area is 157 Å². The third-order valence-electron chi connectivity index (χ3n) is 3.98. The fourth-order valence-corrected chi connectivity index (χ4v) is 2.52. The Bertz CT molecular complexity index is 967. The molecule has 0 saturated carbocycles. The fourth-order valence-electron chi connectivity index (χ4n) is 2.52. The van der Waals surface area contributed by atoms with Crippen LogP contribution in [0.4, 0.5) is 0 Å². The minimum absolute atomic E-state index is 0.343. The second-order valence-electron chi connectivity index (χ2n) is 6.04. The van der Waals surface area contributed by atoms with Crippen LogP contribution < -0.4 is 5.32 Å². The molecule has 0 saturated heterocycles. The highest BCUT2D eigenvalue weighted by Gasteiger charge is 2.16. The van der Waals surface area contributed by atoms with E-state index in [1.807, 2.05) is 66.7 Å². The Balaban J connectivity index is 1.52. The topological polar surface area (TPSA) is 68.3 Å². The van der Waals surface area contributed by atoms with Gasteiger partial charge in [0.2, 0.25) is 0 Å². The summed E-state index contributed by atoms with van der Waals surface area (Å²) in [5.74, 6) is -0.934. The first kappa shape index (κ1) is 18.3. The molecule has 1 atom stereocenters. The van der Waals surface area contributed by atoms with Gasteiger partial charge in [0.25, 0.3) is 5.91 Å². The second kappa shape index (κ2) is 8.76. The van der Waals surface area contributed by atoms with Crippen LogP contribution in [0.25, 0.3) is 17.0 Å². The van der Waals surface area contributed by atoms with Crippen molar-refractivity contribution in [3.8, 4) is 0 Å². The zero-order valence-electron chi connectivity index (χ0n) is 15.0. The molecule has 2 aromatic carbocycles. The van der Waals surface area contributed by atoms with Gasteiger partial charge in [-0.3, -0.25) is 4.79 Å². The number of benzene rings is 2. The number of nitrogens with one attached hydrogen (secondary N) is 1. The first-order valence-corrected chi connectivity index (χ1v) is 8.68. The first-order valence-electron chi connectivity index (χ1n) is 8.68. The van der Waals surface area contributed by atoms with Gasteiger partial charge < -0.3 is 10.1 Å². The van der Waals surface area contributed by atoms with E-state index in [9.17, 15) is 9.59 Å². The fraction of sp³-hybridized carbons (Fsp3) is 0.136. The van der Waals surface area contributed by atoms with Gasteiger partial charge in [0, 0.05) is 18.0 Å². The van der Waals surface area contributed by atoms with Crippen LogP contribution >= 0.6 is 0 Å². The number of hydrogen-bond acceptors (Lipinski definition) is 4. The molecule has 136 valence electrons. The van der Waals surface area contributed by atoms with Crippen LogP contribution in [0, 0.1) is 0 Å². The molecule has 0 aliphatic rings. The number of hydrogen-bond donors (Lipinski definition) is 1. The molecule has 0 radical (unpaired) electrons. The number of carbonyl (C=O) groups excluding carboxylic acids is 2. The molecule has 0 spiro atoms. The number of pyridine rings is 1. The number of fused-ring (bicyclic) bond motifs is 1. The van der Waals surface area contributed by atoms with Gasteiger partial charge in [-0.15, -0.1) is 0 Å². The minimum Gasteiger partial charge on any atom is -0.449 e. The number of amides is 1. The van der Waals surface area contributed by atoms with Crippen molar-refractivity contribution in [1.82, 2.24) is 10.3 Å². The van der Waals surface area contributed by atoms with Crippen LogP contribution in [0.1, 0.15) is 18.2 Å². The normalized spacial score (nSPS) is 12.0. The van der Waals surface area contributed by atoms with E-state index < -0.39 is 12.1 Å². The van der Waals surface area contributed by atoms with Crippen LogP contribution in [0.3, 0.4) is 0 Å². The predicted molar refractivity (Wildman–Crippen MR) is 105 cm³/mol. The zero-order valence-corrected chi connectivity index (χ0v) is 15.0. The number of nitrogens with zero attached hydrogens (tertiary/aromatic N) is 1. The van der Waals surface area contributed by atoms with Gasteiger partial charge in [-0.05, 0) is 30.7 Å². The summed E-state index contributed by atoms with van der Waals surface area (Å²) in [7, 11) is 0. The van der Waals surface area contributed by atoms with Crippen LogP contribution in [0.15, 0.2) is 72.8 Å². The van der Waals surface area contributed by atoms with Crippen molar-refractivity contribution in [3.63, 3.8) is 0 Å². The van der Waals surface area contributed by atoms with Gasteiger partial charge in [-0.1, -0.05) is 54.6 Å². The largest absolute Gasteiger partial charge is 0.449 e. The third kappa shape index (κ3) is 5.25. The Kier molecular flexibility index (Phi) is 5.94. The van der Waals surface area contributed by atoms with Crippen LogP contribution in [0.5, 0.6) is 0 Å². The summed E-state index contributed by atoms with van der Waals surface area (Å²) in [6.07, 6.45) is 1.97. The van der Waals surface area contributed by atoms with Crippen LogP contribution in [-0.4, -0.2) is 23.0 Å². The SMILES string of the molecule is CC(OC(=O)/C=C/c1ccc2ccccc2n1)C(=O)NCc1ccccc1. The number of esters is 1. The first-order chi connectivity index (χ1) is 13.1. The molecule has 5 heteroatoms. The third-order valence-corrected chi connectivity index (χ3v) is 3.98. The highest BCUT2D eigenvalue weighted by molar-refractivity contribution is 5.90. The molecule has 1 amide bonds. The molecule has 1 aromatic heterocycles. The van der Waals surface area contributed by atoms with E-state index in [1.54, 1.807) is 13.0 Å². The summed E-state index contributed by atoms with van der Waals surface area (Å²) in [6, 6.07) is 21.0. The van der Waals surface area contributed by atoms with Gasteiger partial charge in [-0.25, -0.2) is 9.78 Å². The van der Waals surface area contributed by atoms with E-state index in [0.29, 0.717) is 12.2 Å². The van der Waals surface area contributed by atoms with E-state index in [1.165, 1.54) is 6.08 Å². The van der Waals surface area contributed by atoms with Crippen molar-refractivity contribution >= 4 is 28.9 Å². The van der Waals surface area contributed by atoms with E-state index in [4.69, 9.17) is 4.74 Å². The van der Waals surface area contributed by atoms with Gasteiger partial charge in [0.15, 0.2) is 6.10 Å². The zero-order chi connectivity index (χ0) is 19.1. The highest BCUT2D eigenvalue weighted by atomic mass is 16.5. The standard InChI is InChI=1S/C22H20N2O3/c1-16(22(26)23-15-17-7-3-2-4-8-17)27-21(25)14-13-19-12-11-18-9-5-6-10-20(18)24-19/h2-14,16H,15H2,1H3,(H,23,26)/b14-13+. The maximum atomic E-state index is 12.0. The maximum absolute atomic E-state index is 12.0. The van der Waals surface area contributed by atoms with E-state index >= 15 is 0 Å². The van der Waals surface area contributed by atoms with E-state index in [2.05, 4.69) is 10.3 Å². The van der Waals surface area contributed by atoms with Crippen molar-refractivity contribution < 1.29 is 14.3 Å². The number of para-hydroxylation sites is 1. The van der Waals surface area contributed by atoms with Crippen molar-refractivity contribution in [2.24, 2.45) is 0 Å². The van der Waals surface area contributed by atoms with E-state index in [-0.39, 0.29) is 5.91 Å². The minimum atomic E-state index is -0.879. The van der Waals surface area contributed by atoms with Crippen LogP contribution in [-0.2, 0) is 20.9 Å². The van der Waals surface area contributed by atoms with Gasteiger partial charge in [-0.2, -0.15) is 0 Å². The van der Waals surface area contributed by atoms with Crippen molar-refractivity contribution in [3.05, 3.63) is 84.1 Å². The van der Waals surface area contributed by atoms with E-state index in [0.717, 1.165) is 16.5 Å².